The van der Waals surface area contributed by atoms with Crippen LogP contribution in [0.1, 0.15) is 28.6 Å². The average molecular weight is 419 g/mol. The topological polar surface area (TPSA) is 67.7 Å². The van der Waals surface area contributed by atoms with Gasteiger partial charge in [-0.25, -0.2) is 4.79 Å². The molecule has 2 heterocycles. The number of halogens is 1. The van der Waals surface area contributed by atoms with Gasteiger partial charge in [-0.15, -0.1) is 0 Å². The number of carbonyl (C=O) groups excluding carboxylic acids is 2. The van der Waals surface area contributed by atoms with Crippen LogP contribution in [-0.4, -0.2) is 64.7 Å². The predicted octanol–water partition coefficient (Wildman–Crippen LogP) is 2.29. The second kappa shape index (κ2) is 8.97. The number of benzene rings is 1. The molecule has 0 spiro atoms. The Balaban J connectivity index is 1.67. The van der Waals surface area contributed by atoms with Crippen LogP contribution in [-0.2, 0) is 27.8 Å². The fourth-order valence-corrected chi connectivity index (χ4v) is 3.94. The summed E-state index contributed by atoms with van der Waals surface area (Å²) in [5.41, 5.74) is 3.74. The molecule has 1 aliphatic rings. The molecule has 1 unspecified atom stereocenters. The van der Waals surface area contributed by atoms with Crippen molar-refractivity contribution < 1.29 is 14.3 Å². The summed E-state index contributed by atoms with van der Waals surface area (Å²) in [4.78, 5) is 29.2. The van der Waals surface area contributed by atoms with Gasteiger partial charge < -0.3 is 9.64 Å². The Morgan fingerprint density at radius 1 is 1.14 bits per heavy atom. The number of hydrogen-bond donors (Lipinski definition) is 0. The van der Waals surface area contributed by atoms with Crippen LogP contribution in [0.3, 0.4) is 0 Å². The van der Waals surface area contributed by atoms with Crippen molar-refractivity contribution >= 4 is 23.5 Å². The quantitative estimate of drug-likeness (QED) is 0.697. The molecule has 7 nitrogen and oxygen atoms in total. The fourth-order valence-electron chi connectivity index (χ4n) is 3.82. The smallest absolute Gasteiger partial charge is 0.327 e. The van der Waals surface area contributed by atoms with Gasteiger partial charge in [0.05, 0.1) is 19.2 Å². The van der Waals surface area contributed by atoms with E-state index in [-0.39, 0.29) is 11.9 Å². The monoisotopic (exact) mass is 418 g/mol. The number of methoxy groups -OCH3 is 1. The van der Waals surface area contributed by atoms with E-state index in [0.717, 1.165) is 22.5 Å². The number of rotatable bonds is 5. The maximum absolute atomic E-state index is 12.8. The van der Waals surface area contributed by atoms with E-state index < -0.39 is 6.04 Å². The van der Waals surface area contributed by atoms with Crippen molar-refractivity contribution in [3.8, 4) is 0 Å². The van der Waals surface area contributed by atoms with Gasteiger partial charge in [-0.3, -0.25) is 14.4 Å². The highest BCUT2D eigenvalue weighted by Gasteiger charge is 2.32. The average Bonchev–Trinajstić information content (AvgIpc) is 2.96. The van der Waals surface area contributed by atoms with Crippen molar-refractivity contribution in [3.63, 3.8) is 0 Å². The number of aromatic nitrogens is 2. The zero-order valence-corrected chi connectivity index (χ0v) is 18.1. The van der Waals surface area contributed by atoms with Gasteiger partial charge in [0.1, 0.15) is 6.04 Å². The highest BCUT2D eigenvalue weighted by Crippen LogP contribution is 2.25. The molecule has 1 aromatic carbocycles. The molecule has 1 atom stereocenters. The first-order valence-electron chi connectivity index (χ1n) is 9.66. The number of hydrogen-bond acceptors (Lipinski definition) is 5. The van der Waals surface area contributed by atoms with Crippen molar-refractivity contribution in [2.45, 2.75) is 26.3 Å². The van der Waals surface area contributed by atoms with Crippen molar-refractivity contribution in [1.29, 1.82) is 0 Å². The maximum Gasteiger partial charge on any atom is 0.327 e. The standard InChI is InChI=1S/C21H27ClN4O3/c1-14-18(15(2)24(3)23-14)13-19(27)25-9-11-26(12-10-25)20(21(28)29-4)16-5-7-17(22)8-6-16/h5-8,20H,9-13H2,1-4H3. The number of aryl methyl sites for hydroxylation is 2. The summed E-state index contributed by atoms with van der Waals surface area (Å²) in [5, 5.41) is 5.01. The second-order valence-corrected chi connectivity index (χ2v) is 7.78. The first-order chi connectivity index (χ1) is 13.8. The van der Waals surface area contributed by atoms with E-state index in [1.54, 1.807) is 12.1 Å². The minimum atomic E-state index is -0.502. The third-order valence-corrected chi connectivity index (χ3v) is 5.88. The third kappa shape index (κ3) is 4.62. The molecule has 1 aromatic heterocycles. The molecule has 0 radical (unpaired) electrons. The fraction of sp³-hybridized carbons (Fsp3) is 0.476. The molecule has 29 heavy (non-hydrogen) atoms. The highest BCUT2D eigenvalue weighted by molar-refractivity contribution is 6.30. The van der Waals surface area contributed by atoms with Gasteiger partial charge >= 0.3 is 5.97 Å². The summed E-state index contributed by atoms with van der Waals surface area (Å²) in [6.45, 7) is 6.24. The van der Waals surface area contributed by atoms with Gasteiger partial charge in [0.15, 0.2) is 0 Å². The molecule has 0 aliphatic carbocycles. The van der Waals surface area contributed by atoms with Crippen LogP contribution in [0.2, 0.25) is 5.02 Å². The highest BCUT2D eigenvalue weighted by atomic mass is 35.5. The summed E-state index contributed by atoms with van der Waals surface area (Å²) in [5.74, 6) is -0.223. The molecule has 1 saturated heterocycles. The molecule has 1 amide bonds. The molecule has 0 bridgehead atoms. The van der Waals surface area contributed by atoms with Crippen LogP contribution in [0.5, 0.6) is 0 Å². The van der Waals surface area contributed by atoms with E-state index in [1.165, 1.54) is 7.11 Å². The molecular weight excluding hydrogens is 392 g/mol. The van der Waals surface area contributed by atoms with Gasteiger partial charge in [-0.1, -0.05) is 23.7 Å². The maximum atomic E-state index is 12.8. The van der Waals surface area contributed by atoms with Gasteiger partial charge in [-0.2, -0.15) is 5.10 Å². The van der Waals surface area contributed by atoms with Gasteiger partial charge in [0.2, 0.25) is 5.91 Å². The summed E-state index contributed by atoms with van der Waals surface area (Å²) >= 11 is 5.98. The van der Waals surface area contributed by atoms with Gasteiger partial charge in [0.25, 0.3) is 0 Å². The third-order valence-electron chi connectivity index (χ3n) is 5.63. The van der Waals surface area contributed by atoms with Gasteiger partial charge in [-0.05, 0) is 31.5 Å². The van der Waals surface area contributed by atoms with E-state index >= 15 is 0 Å². The number of esters is 1. The second-order valence-electron chi connectivity index (χ2n) is 7.34. The Hall–Kier alpha value is -2.38. The van der Waals surface area contributed by atoms with Crippen LogP contribution >= 0.6 is 11.6 Å². The first-order valence-corrected chi connectivity index (χ1v) is 10.0. The molecule has 3 rings (SSSR count). The minimum absolute atomic E-state index is 0.0879. The van der Waals surface area contributed by atoms with Crippen LogP contribution in [0, 0.1) is 13.8 Å². The number of nitrogens with zero attached hydrogens (tertiary/aromatic N) is 4. The number of amides is 1. The van der Waals surface area contributed by atoms with Crippen LogP contribution in [0.4, 0.5) is 0 Å². The molecule has 156 valence electrons. The Bertz CT molecular complexity index is 886. The molecule has 2 aromatic rings. The normalized spacial score (nSPS) is 16.0. The van der Waals surface area contributed by atoms with E-state index in [1.807, 2.05) is 42.6 Å². The van der Waals surface area contributed by atoms with E-state index in [2.05, 4.69) is 10.00 Å². The Morgan fingerprint density at radius 2 is 1.76 bits per heavy atom. The molecular formula is C21H27ClN4O3. The van der Waals surface area contributed by atoms with E-state index in [0.29, 0.717) is 37.6 Å². The zero-order valence-electron chi connectivity index (χ0n) is 17.3. The molecule has 1 aliphatic heterocycles. The number of ether oxygens (including phenoxy) is 1. The SMILES string of the molecule is COC(=O)C(c1ccc(Cl)cc1)N1CCN(C(=O)Cc2c(C)nn(C)c2C)CC1. The van der Waals surface area contributed by atoms with Crippen molar-refractivity contribution in [2.24, 2.45) is 7.05 Å². The molecule has 8 heteroatoms. The summed E-state index contributed by atoms with van der Waals surface area (Å²) < 4.78 is 6.84. The lowest BCUT2D eigenvalue weighted by atomic mass is 10.0. The lowest BCUT2D eigenvalue weighted by Gasteiger charge is -2.38. The van der Waals surface area contributed by atoms with Crippen molar-refractivity contribution in [1.82, 2.24) is 19.6 Å². The van der Waals surface area contributed by atoms with Crippen molar-refractivity contribution in [2.75, 3.05) is 33.3 Å². The first kappa shape index (κ1) is 21.3. The largest absolute Gasteiger partial charge is 0.468 e. The number of piperazine rings is 1. The van der Waals surface area contributed by atoms with Gasteiger partial charge in [0, 0.05) is 49.5 Å². The van der Waals surface area contributed by atoms with Crippen LogP contribution in [0.15, 0.2) is 24.3 Å². The van der Waals surface area contributed by atoms with Crippen LogP contribution < -0.4 is 0 Å². The summed E-state index contributed by atoms with van der Waals surface area (Å²) in [6.07, 6.45) is 0.350. The molecule has 1 fully saturated rings. The summed E-state index contributed by atoms with van der Waals surface area (Å²) in [7, 11) is 3.28. The Morgan fingerprint density at radius 3 is 2.28 bits per heavy atom. The van der Waals surface area contributed by atoms with Crippen molar-refractivity contribution in [3.05, 3.63) is 51.8 Å². The lowest BCUT2D eigenvalue weighted by Crippen LogP contribution is -2.51. The van der Waals surface area contributed by atoms with Crippen LogP contribution in [0.25, 0.3) is 0 Å². The zero-order chi connectivity index (χ0) is 21.1. The molecule has 0 saturated carbocycles. The van der Waals surface area contributed by atoms with E-state index in [9.17, 15) is 9.59 Å². The Kier molecular flexibility index (Phi) is 6.59. The van der Waals surface area contributed by atoms with E-state index in [4.69, 9.17) is 16.3 Å². The minimum Gasteiger partial charge on any atom is -0.468 e. The lowest BCUT2D eigenvalue weighted by molar-refractivity contribution is -0.148. The number of carbonyl (C=O) groups is 2. The molecule has 0 N–H and O–H groups in total. The summed E-state index contributed by atoms with van der Waals surface area (Å²) in [6, 6.07) is 6.72. The Labute approximate surface area is 176 Å². The predicted molar refractivity (Wildman–Crippen MR) is 111 cm³/mol.